The van der Waals surface area contributed by atoms with Crippen molar-refractivity contribution in [2.75, 3.05) is 24.5 Å². The molecule has 3 rings (SSSR count). The summed E-state index contributed by atoms with van der Waals surface area (Å²) in [4.78, 5) is 2.58. The molecule has 2 aliphatic rings. The van der Waals surface area contributed by atoms with Crippen molar-refractivity contribution in [3.63, 3.8) is 0 Å². The van der Waals surface area contributed by atoms with Gasteiger partial charge in [0.05, 0.1) is 0 Å². The molecule has 98 valence electrons. The Bertz CT molecular complexity index is 395. The average Bonchev–Trinajstić information content (AvgIpc) is 2.72. The number of nitrogens with one attached hydrogen (secondary N) is 1. The van der Waals surface area contributed by atoms with Crippen molar-refractivity contribution in [1.82, 2.24) is 5.32 Å². The van der Waals surface area contributed by atoms with Gasteiger partial charge in [-0.1, -0.05) is 12.8 Å². The molecule has 1 aromatic rings. The maximum absolute atomic E-state index is 3.82. The molecule has 1 saturated heterocycles. The summed E-state index contributed by atoms with van der Waals surface area (Å²) in [7, 11) is 0. The summed E-state index contributed by atoms with van der Waals surface area (Å²) in [5, 5.41) is 3.82. The fourth-order valence-corrected chi connectivity index (χ4v) is 3.74. The number of rotatable bonds is 1. The fourth-order valence-electron chi connectivity index (χ4n) is 3.38. The Morgan fingerprint density at radius 1 is 1.06 bits per heavy atom. The number of hydrogen-bond acceptors (Lipinski definition) is 2. The van der Waals surface area contributed by atoms with Gasteiger partial charge in [0.15, 0.2) is 0 Å². The fraction of sp³-hybridized carbons (Fsp3) is 0.600. The molecular formula is C15H21IN2. The Morgan fingerprint density at radius 2 is 1.78 bits per heavy atom. The quantitative estimate of drug-likeness (QED) is 0.776. The largest absolute Gasteiger partial charge is 0.370 e. The van der Waals surface area contributed by atoms with Crippen LogP contribution in [-0.4, -0.2) is 25.2 Å². The number of halogens is 1. The van der Waals surface area contributed by atoms with E-state index < -0.39 is 0 Å². The van der Waals surface area contributed by atoms with Crippen LogP contribution in [0.5, 0.6) is 0 Å². The molecule has 2 nitrogen and oxygen atoms in total. The summed E-state index contributed by atoms with van der Waals surface area (Å²) in [5.74, 6) is 0. The van der Waals surface area contributed by atoms with Crippen molar-refractivity contribution in [2.45, 2.75) is 37.6 Å². The number of anilines is 1. The van der Waals surface area contributed by atoms with Crippen molar-refractivity contribution >= 4 is 28.3 Å². The lowest BCUT2D eigenvalue weighted by Crippen LogP contribution is -2.49. The van der Waals surface area contributed by atoms with Crippen LogP contribution in [0.25, 0.3) is 0 Å². The van der Waals surface area contributed by atoms with Gasteiger partial charge in [-0.2, -0.15) is 0 Å². The molecule has 0 atom stereocenters. The smallest absolute Gasteiger partial charge is 0.0367 e. The minimum Gasteiger partial charge on any atom is -0.370 e. The Balaban J connectivity index is 1.80. The first-order valence-corrected chi connectivity index (χ1v) is 8.11. The first-order chi connectivity index (χ1) is 8.77. The predicted octanol–water partition coefficient (Wildman–Crippen LogP) is 3.40. The van der Waals surface area contributed by atoms with Crippen LogP contribution in [-0.2, 0) is 0 Å². The number of benzene rings is 1. The maximum Gasteiger partial charge on any atom is 0.0367 e. The van der Waals surface area contributed by atoms with Gasteiger partial charge in [0.2, 0.25) is 0 Å². The number of hydrogen-bond donors (Lipinski definition) is 1. The first-order valence-electron chi connectivity index (χ1n) is 7.03. The molecule has 2 fully saturated rings. The van der Waals surface area contributed by atoms with Gasteiger partial charge in [-0.05, 0) is 72.7 Å². The van der Waals surface area contributed by atoms with E-state index >= 15 is 0 Å². The van der Waals surface area contributed by atoms with Gasteiger partial charge in [-0.3, -0.25) is 0 Å². The third kappa shape index (κ3) is 2.67. The van der Waals surface area contributed by atoms with Gasteiger partial charge >= 0.3 is 0 Å². The Morgan fingerprint density at radius 3 is 2.50 bits per heavy atom. The van der Waals surface area contributed by atoms with Crippen molar-refractivity contribution in [3.05, 3.63) is 27.8 Å². The zero-order valence-corrected chi connectivity index (χ0v) is 12.9. The van der Waals surface area contributed by atoms with Crippen LogP contribution < -0.4 is 10.2 Å². The van der Waals surface area contributed by atoms with Crippen LogP contribution in [0.3, 0.4) is 0 Å². The van der Waals surface area contributed by atoms with Crippen LogP contribution in [0.4, 0.5) is 5.69 Å². The van der Waals surface area contributed by atoms with Crippen LogP contribution in [0.15, 0.2) is 24.3 Å². The standard InChI is InChI=1S/C15H21IN2/c16-13-4-6-14(7-5-13)18-11-3-10-17-15(12-18)8-1-2-9-15/h4-7,17H,1-3,8-12H2. The normalized spacial score (nSPS) is 23.3. The molecule has 1 spiro atoms. The second-order valence-electron chi connectivity index (χ2n) is 5.67. The SMILES string of the molecule is Ic1ccc(N2CCCNC3(CCCC3)C2)cc1. The van der Waals surface area contributed by atoms with Gasteiger partial charge in [-0.25, -0.2) is 0 Å². The van der Waals surface area contributed by atoms with Crippen LogP contribution >= 0.6 is 22.6 Å². The van der Waals surface area contributed by atoms with E-state index in [9.17, 15) is 0 Å². The molecule has 1 aromatic carbocycles. The van der Waals surface area contributed by atoms with Gasteiger partial charge in [0.1, 0.15) is 0 Å². The summed E-state index contributed by atoms with van der Waals surface area (Å²) < 4.78 is 1.32. The summed E-state index contributed by atoms with van der Waals surface area (Å²) >= 11 is 2.38. The van der Waals surface area contributed by atoms with Crippen molar-refractivity contribution < 1.29 is 0 Å². The van der Waals surface area contributed by atoms with Crippen LogP contribution in [0, 0.1) is 3.57 Å². The van der Waals surface area contributed by atoms with Gasteiger partial charge < -0.3 is 10.2 Å². The molecule has 0 radical (unpaired) electrons. The second-order valence-corrected chi connectivity index (χ2v) is 6.91. The van der Waals surface area contributed by atoms with Crippen molar-refractivity contribution in [2.24, 2.45) is 0 Å². The molecular weight excluding hydrogens is 335 g/mol. The van der Waals surface area contributed by atoms with E-state index in [4.69, 9.17) is 0 Å². The predicted molar refractivity (Wildman–Crippen MR) is 85.2 cm³/mol. The molecule has 0 unspecified atom stereocenters. The summed E-state index contributed by atoms with van der Waals surface area (Å²) in [6.07, 6.45) is 6.76. The molecule has 1 N–H and O–H groups in total. The highest BCUT2D eigenvalue weighted by atomic mass is 127. The molecule has 0 amide bonds. The van der Waals surface area contributed by atoms with E-state index in [1.54, 1.807) is 0 Å². The molecule has 1 aliphatic carbocycles. The molecule has 0 bridgehead atoms. The lowest BCUT2D eigenvalue weighted by Gasteiger charge is -2.34. The molecule has 0 aromatic heterocycles. The van der Waals surface area contributed by atoms with E-state index in [-0.39, 0.29) is 0 Å². The van der Waals surface area contributed by atoms with Gasteiger partial charge in [0, 0.05) is 27.9 Å². The van der Waals surface area contributed by atoms with E-state index in [2.05, 4.69) is 57.1 Å². The Labute approximate surface area is 123 Å². The molecule has 18 heavy (non-hydrogen) atoms. The summed E-state index contributed by atoms with van der Waals surface area (Å²) in [6.45, 7) is 3.56. The second kappa shape index (κ2) is 5.37. The minimum atomic E-state index is 0.402. The lowest BCUT2D eigenvalue weighted by atomic mass is 9.97. The summed E-state index contributed by atoms with van der Waals surface area (Å²) in [6, 6.07) is 8.98. The molecule has 1 aliphatic heterocycles. The molecule has 1 saturated carbocycles. The van der Waals surface area contributed by atoms with Crippen molar-refractivity contribution in [1.29, 1.82) is 0 Å². The zero-order chi connectivity index (χ0) is 12.4. The van der Waals surface area contributed by atoms with Crippen molar-refractivity contribution in [3.8, 4) is 0 Å². The first kappa shape index (κ1) is 12.7. The Kier molecular flexibility index (Phi) is 3.80. The zero-order valence-electron chi connectivity index (χ0n) is 10.8. The molecule has 1 heterocycles. The highest BCUT2D eigenvalue weighted by Gasteiger charge is 2.36. The topological polar surface area (TPSA) is 15.3 Å². The number of nitrogens with zero attached hydrogens (tertiary/aromatic N) is 1. The Hall–Kier alpha value is -0.290. The highest BCUT2D eigenvalue weighted by Crippen LogP contribution is 2.33. The third-order valence-electron chi connectivity index (χ3n) is 4.35. The van der Waals surface area contributed by atoms with E-state index in [1.165, 1.54) is 61.0 Å². The minimum absolute atomic E-state index is 0.402. The van der Waals surface area contributed by atoms with E-state index in [0.717, 1.165) is 0 Å². The molecule has 3 heteroatoms. The monoisotopic (exact) mass is 356 g/mol. The van der Waals surface area contributed by atoms with Crippen LogP contribution in [0.1, 0.15) is 32.1 Å². The maximum atomic E-state index is 3.82. The highest BCUT2D eigenvalue weighted by molar-refractivity contribution is 14.1. The lowest BCUT2D eigenvalue weighted by molar-refractivity contribution is 0.354. The average molecular weight is 356 g/mol. The van der Waals surface area contributed by atoms with Crippen LogP contribution in [0.2, 0.25) is 0 Å². The van der Waals surface area contributed by atoms with E-state index in [1.807, 2.05) is 0 Å². The van der Waals surface area contributed by atoms with Gasteiger partial charge in [0.25, 0.3) is 0 Å². The van der Waals surface area contributed by atoms with Gasteiger partial charge in [-0.15, -0.1) is 0 Å². The third-order valence-corrected chi connectivity index (χ3v) is 5.07. The van der Waals surface area contributed by atoms with E-state index in [0.29, 0.717) is 5.54 Å². The summed E-state index contributed by atoms with van der Waals surface area (Å²) in [5.41, 5.74) is 1.80.